The number of hydrogen-bond acceptors (Lipinski definition) is 4. The molecular formula is C28H16N2O2. The van der Waals surface area contributed by atoms with Crippen LogP contribution in [0.15, 0.2) is 97.0 Å². The van der Waals surface area contributed by atoms with Crippen molar-refractivity contribution in [2.24, 2.45) is 0 Å². The van der Waals surface area contributed by atoms with Gasteiger partial charge in [0.1, 0.15) is 0 Å². The highest BCUT2D eigenvalue weighted by atomic mass is 16.1. The molecule has 7 rings (SSSR count). The molecule has 3 aliphatic rings. The van der Waals surface area contributed by atoms with Crippen molar-refractivity contribution in [3.05, 3.63) is 136 Å². The Morgan fingerprint density at radius 3 is 2.25 bits per heavy atom. The summed E-state index contributed by atoms with van der Waals surface area (Å²) in [5, 5.41) is 0. The molecule has 0 fully saturated rings. The van der Waals surface area contributed by atoms with Gasteiger partial charge >= 0.3 is 0 Å². The van der Waals surface area contributed by atoms with E-state index in [1.54, 1.807) is 18.6 Å². The number of fused-ring (bicyclic) bond motifs is 9. The van der Waals surface area contributed by atoms with Gasteiger partial charge in [-0.2, -0.15) is 0 Å². The molecule has 0 N–H and O–H groups in total. The monoisotopic (exact) mass is 412 g/mol. The molecule has 3 aliphatic carbocycles. The fourth-order valence-corrected chi connectivity index (χ4v) is 6.02. The topological polar surface area (TPSA) is 59.9 Å². The van der Waals surface area contributed by atoms with Crippen LogP contribution in [0.2, 0.25) is 0 Å². The predicted octanol–water partition coefficient (Wildman–Crippen LogP) is 4.75. The van der Waals surface area contributed by atoms with Crippen LogP contribution in [0.4, 0.5) is 0 Å². The molecule has 2 heterocycles. The number of benzene rings is 2. The molecule has 0 bridgehead atoms. The zero-order valence-corrected chi connectivity index (χ0v) is 16.9. The molecule has 0 spiro atoms. The van der Waals surface area contributed by atoms with Crippen molar-refractivity contribution in [3.8, 4) is 0 Å². The first kappa shape index (κ1) is 17.5. The average molecular weight is 412 g/mol. The van der Waals surface area contributed by atoms with Gasteiger partial charge in [-0.3, -0.25) is 19.6 Å². The molecular weight excluding hydrogens is 396 g/mol. The molecule has 150 valence electrons. The zero-order chi connectivity index (χ0) is 21.4. The van der Waals surface area contributed by atoms with E-state index >= 15 is 0 Å². The first-order valence-corrected chi connectivity index (χ1v) is 10.6. The lowest BCUT2D eigenvalue weighted by Gasteiger charge is -2.41. The quantitative estimate of drug-likeness (QED) is 0.453. The molecule has 2 aromatic heterocycles. The van der Waals surface area contributed by atoms with Gasteiger partial charge in [0.05, 0.1) is 17.0 Å². The molecule has 4 heteroatoms. The average Bonchev–Trinajstić information content (AvgIpc) is 3.31. The Hall–Kier alpha value is -4.18. The van der Waals surface area contributed by atoms with Crippen LogP contribution in [0.3, 0.4) is 0 Å². The van der Waals surface area contributed by atoms with Crippen molar-refractivity contribution in [2.45, 2.75) is 11.3 Å². The van der Waals surface area contributed by atoms with E-state index in [2.05, 4.69) is 4.98 Å². The lowest BCUT2D eigenvalue weighted by Crippen LogP contribution is -2.41. The van der Waals surface area contributed by atoms with E-state index < -0.39 is 11.3 Å². The van der Waals surface area contributed by atoms with Gasteiger partial charge in [-0.1, -0.05) is 60.7 Å². The van der Waals surface area contributed by atoms with Crippen molar-refractivity contribution in [3.63, 3.8) is 0 Å². The second-order valence-electron chi connectivity index (χ2n) is 8.45. The number of Topliss-reactive ketones (excluding diaryl/α,β-unsaturated/α-hetero) is 2. The van der Waals surface area contributed by atoms with E-state index in [0.717, 1.165) is 33.5 Å². The summed E-state index contributed by atoms with van der Waals surface area (Å²) in [7, 11) is 0. The lowest BCUT2D eigenvalue weighted by molar-refractivity contribution is 0.0947. The molecule has 4 aromatic rings. The number of rotatable bonds is 1. The predicted molar refractivity (Wildman–Crippen MR) is 120 cm³/mol. The lowest BCUT2D eigenvalue weighted by atomic mass is 9.59. The van der Waals surface area contributed by atoms with Gasteiger partial charge in [-0.25, -0.2) is 0 Å². The van der Waals surface area contributed by atoms with Gasteiger partial charge in [-0.15, -0.1) is 0 Å². The minimum atomic E-state index is -0.964. The van der Waals surface area contributed by atoms with Crippen LogP contribution in [0.5, 0.6) is 0 Å². The summed E-state index contributed by atoms with van der Waals surface area (Å²) in [4.78, 5) is 37.1. The number of aromatic nitrogens is 2. The van der Waals surface area contributed by atoms with Crippen LogP contribution in [0, 0.1) is 0 Å². The van der Waals surface area contributed by atoms with E-state index in [1.165, 1.54) is 0 Å². The van der Waals surface area contributed by atoms with Crippen molar-refractivity contribution < 1.29 is 9.59 Å². The number of allylic oxidation sites excluding steroid dienone is 1. The summed E-state index contributed by atoms with van der Waals surface area (Å²) < 4.78 is 0. The molecule has 2 atom stereocenters. The first-order chi connectivity index (χ1) is 15.7. The molecule has 2 unspecified atom stereocenters. The van der Waals surface area contributed by atoms with Crippen LogP contribution in [-0.2, 0) is 5.41 Å². The summed E-state index contributed by atoms with van der Waals surface area (Å²) >= 11 is 0. The van der Waals surface area contributed by atoms with E-state index in [1.807, 2.05) is 72.8 Å². The smallest absolute Gasteiger partial charge is 0.191 e. The summed E-state index contributed by atoms with van der Waals surface area (Å²) in [5.74, 6) is -0.638. The van der Waals surface area contributed by atoms with Gasteiger partial charge in [0, 0.05) is 40.9 Å². The Labute approximate surface area is 184 Å². The standard InChI is InChI=1S/C28H16N2O2/c31-26-18-9-2-1-8-17(18)22-20-11-6-14-30-25(20)24-27(32)19-10-3-4-12-21(19)28(24,23(22)26)16-7-5-13-29-15-16/h1-15,24H. The number of nitrogens with zero attached hydrogens (tertiary/aromatic N) is 2. The fraction of sp³-hybridized carbons (Fsp3) is 0.0714. The summed E-state index contributed by atoms with van der Waals surface area (Å²) in [6, 6.07) is 23.1. The third-order valence-corrected chi connectivity index (χ3v) is 7.12. The summed E-state index contributed by atoms with van der Waals surface area (Å²) in [5.41, 5.74) is 6.10. The van der Waals surface area contributed by atoms with Crippen LogP contribution in [-0.4, -0.2) is 21.5 Å². The Balaban J connectivity index is 1.73. The van der Waals surface area contributed by atoms with Crippen molar-refractivity contribution in [1.82, 2.24) is 9.97 Å². The molecule has 0 saturated carbocycles. The van der Waals surface area contributed by atoms with E-state index in [4.69, 9.17) is 4.98 Å². The van der Waals surface area contributed by atoms with Crippen LogP contribution >= 0.6 is 0 Å². The summed E-state index contributed by atoms with van der Waals surface area (Å²) in [6.07, 6.45) is 5.24. The SMILES string of the molecule is O=C1C2=C(c3ccccc31)c1cccnc1C1C(=O)c3ccccc3C21c1cccnc1. The van der Waals surface area contributed by atoms with Crippen LogP contribution in [0.1, 0.15) is 54.6 Å². The molecule has 32 heavy (non-hydrogen) atoms. The number of carbonyl (C=O) groups excluding carboxylic acids is 2. The minimum Gasteiger partial charge on any atom is -0.293 e. The fourth-order valence-electron chi connectivity index (χ4n) is 6.02. The van der Waals surface area contributed by atoms with Crippen molar-refractivity contribution in [1.29, 1.82) is 0 Å². The first-order valence-electron chi connectivity index (χ1n) is 10.6. The third kappa shape index (κ3) is 1.85. The maximum absolute atomic E-state index is 14.1. The molecule has 2 aromatic carbocycles. The number of carbonyl (C=O) groups is 2. The minimum absolute atomic E-state index is 0.000269. The largest absolute Gasteiger partial charge is 0.293 e. The zero-order valence-electron chi connectivity index (χ0n) is 16.9. The Kier molecular flexibility index (Phi) is 3.25. The van der Waals surface area contributed by atoms with Gasteiger partial charge in [0.15, 0.2) is 11.6 Å². The van der Waals surface area contributed by atoms with Gasteiger partial charge < -0.3 is 0 Å². The maximum Gasteiger partial charge on any atom is 0.191 e. The second-order valence-corrected chi connectivity index (χ2v) is 8.45. The maximum atomic E-state index is 14.1. The third-order valence-electron chi connectivity index (χ3n) is 7.12. The number of ketones is 2. The van der Waals surface area contributed by atoms with Crippen LogP contribution in [0.25, 0.3) is 5.57 Å². The Bertz CT molecular complexity index is 1520. The molecule has 0 saturated heterocycles. The van der Waals surface area contributed by atoms with E-state index in [0.29, 0.717) is 16.7 Å². The summed E-state index contributed by atoms with van der Waals surface area (Å²) in [6.45, 7) is 0. The molecule has 4 nitrogen and oxygen atoms in total. The second kappa shape index (κ2) is 5.95. The highest BCUT2D eigenvalue weighted by molar-refractivity contribution is 6.28. The highest BCUT2D eigenvalue weighted by Crippen LogP contribution is 2.63. The van der Waals surface area contributed by atoms with E-state index in [9.17, 15) is 9.59 Å². The highest BCUT2D eigenvalue weighted by Gasteiger charge is 2.62. The van der Waals surface area contributed by atoms with Gasteiger partial charge in [0.2, 0.25) is 0 Å². The Morgan fingerprint density at radius 2 is 1.44 bits per heavy atom. The van der Waals surface area contributed by atoms with Crippen molar-refractivity contribution in [2.75, 3.05) is 0 Å². The number of hydrogen-bond donors (Lipinski definition) is 0. The normalized spacial score (nSPS) is 22.2. The van der Waals surface area contributed by atoms with E-state index in [-0.39, 0.29) is 11.6 Å². The molecule has 0 amide bonds. The van der Waals surface area contributed by atoms with Gasteiger partial charge in [0.25, 0.3) is 0 Å². The van der Waals surface area contributed by atoms with Crippen molar-refractivity contribution >= 4 is 17.1 Å². The van der Waals surface area contributed by atoms with Gasteiger partial charge in [-0.05, 0) is 34.4 Å². The molecule has 0 aliphatic heterocycles. The Morgan fingerprint density at radius 1 is 0.719 bits per heavy atom. The number of pyridine rings is 2. The van der Waals surface area contributed by atoms with Crippen LogP contribution < -0.4 is 0 Å². The molecule has 0 radical (unpaired) electrons.